The first-order valence-electron chi connectivity index (χ1n) is 13.7. The van der Waals surface area contributed by atoms with E-state index in [2.05, 4.69) is 102 Å². The molecule has 0 unspecified atom stereocenters. The molecule has 0 N–H and O–H groups in total. The van der Waals surface area contributed by atoms with Gasteiger partial charge in [0.05, 0.1) is 0 Å². The van der Waals surface area contributed by atoms with Crippen molar-refractivity contribution < 1.29 is 0 Å². The Bertz CT molecular complexity index is 1900. The van der Waals surface area contributed by atoms with Crippen LogP contribution in [0.2, 0.25) is 0 Å². The molecule has 1 heteroatoms. The highest BCUT2D eigenvalue weighted by molar-refractivity contribution is 6.25. The van der Waals surface area contributed by atoms with E-state index >= 15 is 0 Å². The van der Waals surface area contributed by atoms with Crippen molar-refractivity contribution >= 4 is 43.1 Å². The predicted octanol–water partition coefficient (Wildman–Crippen LogP) is 9.23. The Morgan fingerprint density at radius 3 is 1.45 bits per heavy atom. The average Bonchev–Trinajstić information content (AvgIpc) is 3.59. The van der Waals surface area contributed by atoms with Gasteiger partial charge in [0.15, 0.2) is 0 Å². The van der Waals surface area contributed by atoms with Gasteiger partial charge >= 0.3 is 0 Å². The Kier molecular flexibility index (Phi) is 4.07. The fraction of sp³-hybridized carbons (Fsp3) is 0.108. The summed E-state index contributed by atoms with van der Waals surface area (Å²) in [7, 11) is 0. The average molecular weight is 484 g/mol. The van der Waals surface area contributed by atoms with Crippen molar-refractivity contribution in [2.24, 2.45) is 0 Å². The van der Waals surface area contributed by atoms with Crippen LogP contribution in [0.5, 0.6) is 0 Å². The summed E-state index contributed by atoms with van der Waals surface area (Å²) in [4.78, 5) is 4.67. The van der Waals surface area contributed by atoms with E-state index in [0.717, 1.165) is 25.7 Å². The van der Waals surface area contributed by atoms with Crippen molar-refractivity contribution in [2.75, 3.05) is 0 Å². The second-order valence-corrected chi connectivity index (χ2v) is 10.9. The normalized spacial score (nSPS) is 13.9. The molecular weight excluding hydrogens is 458 g/mol. The lowest BCUT2D eigenvalue weighted by Gasteiger charge is -2.20. The van der Waals surface area contributed by atoms with Crippen molar-refractivity contribution in [3.8, 4) is 22.3 Å². The lowest BCUT2D eigenvalue weighted by atomic mass is 9.83. The van der Waals surface area contributed by atoms with Crippen molar-refractivity contribution in [2.45, 2.75) is 25.7 Å². The first-order valence-corrected chi connectivity index (χ1v) is 13.7. The van der Waals surface area contributed by atoms with Crippen LogP contribution in [0.4, 0.5) is 0 Å². The zero-order valence-electron chi connectivity index (χ0n) is 21.1. The summed E-state index contributed by atoms with van der Waals surface area (Å²) in [5, 5.41) is 10.8. The fourth-order valence-corrected chi connectivity index (χ4v) is 7.53. The molecule has 2 aliphatic rings. The molecule has 0 fully saturated rings. The third-order valence-electron chi connectivity index (χ3n) is 9.12. The van der Waals surface area contributed by atoms with Gasteiger partial charge in [-0.2, -0.15) is 0 Å². The summed E-state index contributed by atoms with van der Waals surface area (Å²) in [6.45, 7) is 0. The Labute approximate surface area is 221 Å². The molecule has 6 aromatic carbocycles. The molecule has 0 radical (unpaired) electrons. The lowest BCUT2D eigenvalue weighted by Crippen LogP contribution is -1.94. The SMILES string of the molecule is c1ccc2c(-c3ccc4c5c(cccc35)CC4)c3cnccc3c(-c3ccc4c5c(cccc35)CC4)c2c1. The summed E-state index contributed by atoms with van der Waals surface area (Å²) in [5.41, 5.74) is 11.2. The lowest BCUT2D eigenvalue weighted by molar-refractivity contribution is 1.02. The second kappa shape index (κ2) is 7.52. The fourth-order valence-electron chi connectivity index (χ4n) is 7.53. The van der Waals surface area contributed by atoms with Crippen LogP contribution in [0.15, 0.2) is 103 Å². The topological polar surface area (TPSA) is 12.9 Å². The van der Waals surface area contributed by atoms with Gasteiger partial charge in [0, 0.05) is 17.8 Å². The zero-order chi connectivity index (χ0) is 24.8. The molecule has 0 spiro atoms. The van der Waals surface area contributed by atoms with Crippen molar-refractivity contribution in [3.05, 3.63) is 126 Å². The quantitative estimate of drug-likeness (QED) is 0.223. The summed E-state index contributed by atoms with van der Waals surface area (Å²) < 4.78 is 0. The minimum atomic E-state index is 1.14. The van der Waals surface area contributed by atoms with E-state index in [1.807, 2.05) is 6.20 Å². The van der Waals surface area contributed by atoms with E-state index in [4.69, 9.17) is 0 Å². The summed E-state index contributed by atoms with van der Waals surface area (Å²) >= 11 is 0. The molecule has 0 amide bonds. The molecule has 0 bridgehead atoms. The number of rotatable bonds is 2. The zero-order valence-corrected chi connectivity index (χ0v) is 21.1. The van der Waals surface area contributed by atoms with Gasteiger partial charge in [0.2, 0.25) is 0 Å². The predicted molar refractivity (Wildman–Crippen MR) is 160 cm³/mol. The number of hydrogen-bond donors (Lipinski definition) is 0. The van der Waals surface area contributed by atoms with E-state index in [1.165, 1.54) is 87.6 Å². The molecule has 178 valence electrons. The molecular formula is C37H25N. The number of aromatic nitrogens is 1. The minimum Gasteiger partial charge on any atom is -0.264 e. The summed E-state index contributed by atoms with van der Waals surface area (Å²) in [6, 6.07) is 34.4. The van der Waals surface area contributed by atoms with Crippen LogP contribution in [0.25, 0.3) is 65.3 Å². The molecule has 0 atom stereocenters. The van der Waals surface area contributed by atoms with Crippen LogP contribution >= 0.6 is 0 Å². The highest BCUT2D eigenvalue weighted by Gasteiger charge is 2.23. The van der Waals surface area contributed by atoms with Crippen LogP contribution < -0.4 is 0 Å². The molecule has 7 aromatic rings. The van der Waals surface area contributed by atoms with Crippen molar-refractivity contribution in [1.29, 1.82) is 0 Å². The Morgan fingerprint density at radius 2 is 0.868 bits per heavy atom. The molecule has 9 rings (SSSR count). The summed E-state index contributed by atoms with van der Waals surface area (Å²) in [6.07, 6.45) is 8.62. The maximum Gasteiger partial charge on any atom is 0.0353 e. The van der Waals surface area contributed by atoms with Crippen LogP contribution in [-0.4, -0.2) is 4.98 Å². The molecule has 0 aliphatic heterocycles. The van der Waals surface area contributed by atoms with E-state index in [1.54, 1.807) is 0 Å². The van der Waals surface area contributed by atoms with Gasteiger partial charge in [0.25, 0.3) is 0 Å². The number of fused-ring (bicyclic) bond motifs is 2. The minimum absolute atomic E-state index is 1.14. The standard InChI is InChI=1S/C37H25N/c1-2-8-29-28(7-1)36(30-17-15-24-13-11-22-5-3-9-26(30)34(22)24)32-19-20-38-21-33(32)37(29)31-18-16-25-14-12-23-6-4-10-27(31)35(23)25/h1-10,15-21H,11-14H2. The molecule has 1 nitrogen and oxygen atoms in total. The largest absolute Gasteiger partial charge is 0.264 e. The molecule has 0 saturated carbocycles. The highest BCUT2D eigenvalue weighted by Crippen LogP contribution is 2.48. The number of nitrogens with zero attached hydrogens (tertiary/aromatic N) is 1. The van der Waals surface area contributed by atoms with Gasteiger partial charge in [-0.25, -0.2) is 0 Å². The summed E-state index contributed by atoms with van der Waals surface area (Å²) in [5.74, 6) is 0. The highest BCUT2D eigenvalue weighted by atomic mass is 14.6. The Hall–Kier alpha value is -4.49. The third-order valence-corrected chi connectivity index (χ3v) is 9.12. The number of benzene rings is 6. The van der Waals surface area contributed by atoms with Crippen LogP contribution in [0.1, 0.15) is 22.3 Å². The van der Waals surface area contributed by atoms with Gasteiger partial charge in [-0.1, -0.05) is 84.9 Å². The van der Waals surface area contributed by atoms with Gasteiger partial charge in [-0.15, -0.1) is 0 Å². The number of pyridine rings is 1. The smallest absolute Gasteiger partial charge is 0.0353 e. The van der Waals surface area contributed by atoms with Crippen LogP contribution in [0, 0.1) is 0 Å². The van der Waals surface area contributed by atoms with Crippen LogP contribution in [-0.2, 0) is 25.7 Å². The van der Waals surface area contributed by atoms with E-state index in [9.17, 15) is 0 Å². The number of aryl methyl sites for hydroxylation is 4. The Balaban J connectivity index is 1.46. The maximum absolute atomic E-state index is 4.67. The van der Waals surface area contributed by atoms with Gasteiger partial charge in [0.1, 0.15) is 0 Å². The maximum atomic E-state index is 4.67. The van der Waals surface area contributed by atoms with Gasteiger partial charge in [-0.05, 0) is 114 Å². The first kappa shape index (κ1) is 20.6. The van der Waals surface area contributed by atoms with E-state index < -0.39 is 0 Å². The first-order chi connectivity index (χ1) is 18.9. The monoisotopic (exact) mass is 483 g/mol. The van der Waals surface area contributed by atoms with E-state index in [0.29, 0.717) is 0 Å². The van der Waals surface area contributed by atoms with Crippen molar-refractivity contribution in [3.63, 3.8) is 0 Å². The van der Waals surface area contributed by atoms with Gasteiger partial charge in [-0.3, -0.25) is 4.98 Å². The van der Waals surface area contributed by atoms with Crippen molar-refractivity contribution in [1.82, 2.24) is 4.98 Å². The molecule has 38 heavy (non-hydrogen) atoms. The second-order valence-electron chi connectivity index (χ2n) is 10.9. The van der Waals surface area contributed by atoms with Gasteiger partial charge < -0.3 is 0 Å². The molecule has 1 heterocycles. The van der Waals surface area contributed by atoms with Crippen LogP contribution in [0.3, 0.4) is 0 Å². The molecule has 2 aliphatic carbocycles. The Morgan fingerprint density at radius 1 is 0.395 bits per heavy atom. The number of hydrogen-bond acceptors (Lipinski definition) is 1. The third kappa shape index (κ3) is 2.63. The molecule has 0 saturated heterocycles. The molecule has 1 aromatic heterocycles. The van der Waals surface area contributed by atoms with E-state index in [-0.39, 0.29) is 0 Å².